The molecule has 0 aliphatic heterocycles. The Morgan fingerprint density at radius 2 is 2.00 bits per heavy atom. The molecule has 0 radical (unpaired) electrons. The third-order valence-electron chi connectivity index (χ3n) is 2.22. The normalized spacial score (nSPS) is 9.93. The molecule has 0 amide bonds. The van der Waals surface area contributed by atoms with Crippen LogP contribution in [0.5, 0.6) is 0 Å². The molecule has 0 saturated carbocycles. The van der Waals surface area contributed by atoms with Crippen LogP contribution in [0, 0.1) is 0 Å². The van der Waals surface area contributed by atoms with E-state index < -0.39 is 0 Å². The summed E-state index contributed by atoms with van der Waals surface area (Å²) in [5.74, 6) is 0. The third-order valence-corrected chi connectivity index (χ3v) is 2.71. The van der Waals surface area contributed by atoms with E-state index in [0.717, 1.165) is 35.1 Å². The summed E-state index contributed by atoms with van der Waals surface area (Å²) in [7, 11) is 0. The van der Waals surface area contributed by atoms with Gasteiger partial charge in [-0.15, -0.1) is 0 Å². The molecule has 0 aromatic heterocycles. The number of halogens is 1. The summed E-state index contributed by atoms with van der Waals surface area (Å²) in [4.78, 5) is 13.0. The van der Waals surface area contributed by atoms with Crippen molar-refractivity contribution in [3.05, 3.63) is 28.2 Å². The van der Waals surface area contributed by atoms with E-state index >= 15 is 0 Å². The average Bonchev–Trinajstić information content (AvgIpc) is 2.21. The Balaban J connectivity index is 3.12. The number of hydrogen-bond acceptors (Lipinski definition) is 2. The first-order valence-corrected chi connectivity index (χ1v) is 5.51. The van der Waals surface area contributed by atoms with Crippen molar-refractivity contribution in [3.63, 3.8) is 0 Å². The smallest absolute Gasteiger partial charge is 0.152 e. The number of benzene rings is 1. The quantitative estimate of drug-likeness (QED) is 0.771. The summed E-state index contributed by atoms with van der Waals surface area (Å²) < 4.78 is 0.940. The van der Waals surface area contributed by atoms with E-state index in [2.05, 4.69) is 34.7 Å². The monoisotopic (exact) mass is 255 g/mol. The van der Waals surface area contributed by atoms with Gasteiger partial charge in [0.25, 0.3) is 0 Å². The molecule has 0 N–H and O–H groups in total. The molecule has 0 aliphatic rings. The summed E-state index contributed by atoms with van der Waals surface area (Å²) in [6.07, 6.45) is 0.901. The summed E-state index contributed by atoms with van der Waals surface area (Å²) >= 11 is 3.35. The third kappa shape index (κ3) is 2.35. The Morgan fingerprint density at radius 3 is 2.50 bits per heavy atom. The summed E-state index contributed by atoms with van der Waals surface area (Å²) in [6, 6.07) is 5.78. The molecule has 14 heavy (non-hydrogen) atoms. The van der Waals surface area contributed by atoms with Gasteiger partial charge < -0.3 is 4.90 Å². The highest BCUT2D eigenvalue weighted by molar-refractivity contribution is 9.10. The molecule has 1 aromatic carbocycles. The second-order valence-corrected chi connectivity index (χ2v) is 3.91. The maximum Gasteiger partial charge on any atom is 0.152 e. The maximum atomic E-state index is 10.9. The predicted octanol–water partition coefficient (Wildman–Crippen LogP) is 3.11. The number of hydrogen-bond donors (Lipinski definition) is 0. The van der Waals surface area contributed by atoms with Gasteiger partial charge in [0.15, 0.2) is 6.29 Å². The second-order valence-electron chi connectivity index (χ2n) is 2.99. The van der Waals surface area contributed by atoms with Gasteiger partial charge >= 0.3 is 0 Å². The lowest BCUT2D eigenvalue weighted by Crippen LogP contribution is -2.23. The van der Waals surface area contributed by atoms with Crippen LogP contribution >= 0.6 is 15.9 Å². The van der Waals surface area contributed by atoms with Gasteiger partial charge in [-0.3, -0.25) is 4.79 Å². The van der Waals surface area contributed by atoms with Gasteiger partial charge in [-0.1, -0.05) is 15.9 Å². The lowest BCUT2D eigenvalue weighted by Gasteiger charge is -2.22. The van der Waals surface area contributed by atoms with E-state index in [9.17, 15) is 4.79 Å². The van der Waals surface area contributed by atoms with Crippen molar-refractivity contribution in [2.24, 2.45) is 0 Å². The van der Waals surface area contributed by atoms with Crippen molar-refractivity contribution < 1.29 is 4.79 Å². The molecule has 3 heteroatoms. The van der Waals surface area contributed by atoms with Crippen LogP contribution in [0.15, 0.2) is 22.7 Å². The van der Waals surface area contributed by atoms with Gasteiger partial charge in [0.1, 0.15) is 0 Å². The first-order valence-electron chi connectivity index (χ1n) is 4.72. The van der Waals surface area contributed by atoms with Gasteiger partial charge in [0.2, 0.25) is 0 Å². The molecule has 0 heterocycles. The molecule has 0 unspecified atom stereocenters. The minimum Gasteiger partial charge on any atom is -0.372 e. The van der Waals surface area contributed by atoms with Gasteiger partial charge in [-0.2, -0.15) is 0 Å². The maximum absolute atomic E-state index is 10.9. The average molecular weight is 256 g/mol. The van der Waals surface area contributed by atoms with Crippen molar-refractivity contribution in [2.75, 3.05) is 18.0 Å². The number of nitrogens with zero attached hydrogens (tertiary/aromatic N) is 1. The molecule has 0 spiro atoms. The number of carbonyl (C=O) groups is 1. The first kappa shape index (κ1) is 11.2. The molecule has 1 rings (SSSR count). The van der Waals surface area contributed by atoms with Crippen LogP contribution in [0.4, 0.5) is 5.69 Å². The van der Waals surface area contributed by atoms with E-state index in [4.69, 9.17) is 0 Å². The first-order chi connectivity index (χ1) is 6.72. The molecule has 0 bridgehead atoms. The second kappa shape index (κ2) is 5.15. The minimum absolute atomic E-state index is 0.739. The van der Waals surface area contributed by atoms with E-state index in [1.54, 1.807) is 0 Å². The summed E-state index contributed by atoms with van der Waals surface area (Å²) in [5, 5.41) is 0. The van der Waals surface area contributed by atoms with Gasteiger partial charge in [0.05, 0.1) is 0 Å². The van der Waals surface area contributed by atoms with E-state index in [-0.39, 0.29) is 0 Å². The van der Waals surface area contributed by atoms with E-state index in [1.165, 1.54) is 0 Å². The summed E-state index contributed by atoms with van der Waals surface area (Å²) in [6.45, 7) is 6.00. The van der Waals surface area contributed by atoms with Crippen LogP contribution < -0.4 is 4.90 Å². The number of carbonyl (C=O) groups excluding carboxylic acids is 1. The Labute approximate surface area is 93.0 Å². The van der Waals surface area contributed by atoms with Crippen LogP contribution in [0.2, 0.25) is 0 Å². The standard InChI is InChI=1S/C11H14BrNO/c1-3-13(4-2)11-6-5-10(12)7-9(11)8-14/h5-8H,3-4H2,1-2H3. The SMILES string of the molecule is CCN(CC)c1ccc(Br)cc1C=O. The highest BCUT2D eigenvalue weighted by Gasteiger charge is 2.07. The largest absolute Gasteiger partial charge is 0.372 e. The number of anilines is 1. The molecule has 0 atom stereocenters. The zero-order chi connectivity index (χ0) is 10.6. The van der Waals surface area contributed by atoms with Gasteiger partial charge in [0, 0.05) is 28.8 Å². The Kier molecular flexibility index (Phi) is 4.14. The number of aldehydes is 1. The highest BCUT2D eigenvalue weighted by atomic mass is 79.9. The Morgan fingerprint density at radius 1 is 1.36 bits per heavy atom. The lowest BCUT2D eigenvalue weighted by molar-refractivity contribution is 0.112. The van der Waals surface area contributed by atoms with Gasteiger partial charge in [-0.25, -0.2) is 0 Å². The van der Waals surface area contributed by atoms with E-state index in [0.29, 0.717) is 0 Å². The molecular formula is C11H14BrNO. The van der Waals surface area contributed by atoms with Gasteiger partial charge in [-0.05, 0) is 32.0 Å². The van der Waals surface area contributed by atoms with Crippen LogP contribution in [-0.2, 0) is 0 Å². The van der Waals surface area contributed by atoms with E-state index in [1.807, 2.05) is 18.2 Å². The number of rotatable bonds is 4. The van der Waals surface area contributed by atoms with Crippen LogP contribution in [-0.4, -0.2) is 19.4 Å². The zero-order valence-electron chi connectivity index (χ0n) is 8.46. The lowest BCUT2D eigenvalue weighted by atomic mass is 10.2. The van der Waals surface area contributed by atoms with Crippen LogP contribution in [0.25, 0.3) is 0 Å². The molecule has 76 valence electrons. The van der Waals surface area contributed by atoms with Crippen molar-refractivity contribution in [1.82, 2.24) is 0 Å². The fourth-order valence-electron chi connectivity index (χ4n) is 1.47. The molecule has 0 saturated heterocycles. The summed E-state index contributed by atoms with van der Waals surface area (Å²) in [5.41, 5.74) is 1.75. The van der Waals surface area contributed by atoms with Crippen LogP contribution in [0.1, 0.15) is 24.2 Å². The zero-order valence-corrected chi connectivity index (χ0v) is 10.0. The molecule has 0 fully saturated rings. The topological polar surface area (TPSA) is 20.3 Å². The molecular weight excluding hydrogens is 242 g/mol. The Hall–Kier alpha value is -0.830. The minimum atomic E-state index is 0.739. The van der Waals surface area contributed by atoms with Crippen molar-refractivity contribution in [2.45, 2.75) is 13.8 Å². The van der Waals surface area contributed by atoms with Crippen molar-refractivity contribution in [3.8, 4) is 0 Å². The molecule has 1 aromatic rings. The molecule has 2 nitrogen and oxygen atoms in total. The van der Waals surface area contributed by atoms with Crippen LogP contribution in [0.3, 0.4) is 0 Å². The Bertz CT molecular complexity index is 321. The fraction of sp³-hybridized carbons (Fsp3) is 0.364. The van der Waals surface area contributed by atoms with Crippen molar-refractivity contribution >= 4 is 27.9 Å². The molecule has 0 aliphatic carbocycles. The predicted molar refractivity (Wildman–Crippen MR) is 63.1 cm³/mol. The van der Waals surface area contributed by atoms with Crippen molar-refractivity contribution in [1.29, 1.82) is 0 Å². The highest BCUT2D eigenvalue weighted by Crippen LogP contribution is 2.22. The fourth-order valence-corrected chi connectivity index (χ4v) is 1.85.